The third kappa shape index (κ3) is 1.34. The lowest BCUT2D eigenvalue weighted by atomic mass is 9.72. The van der Waals surface area contributed by atoms with Gasteiger partial charge in [0.2, 0.25) is 0 Å². The predicted molar refractivity (Wildman–Crippen MR) is 64.9 cm³/mol. The Kier molecular flexibility index (Phi) is 2.00. The molecular formula is C13H19BO2. The molecule has 2 atom stereocenters. The standard InChI is InChI=1S/C13H19BO2/c1-12(2)13(3,4)16-14(15-12)11-8-9-5-6-10(11)7-9/h5-6,8-10H,7H2,1-4H3. The van der Waals surface area contributed by atoms with E-state index < -0.39 is 0 Å². The second-order valence-electron chi connectivity index (χ2n) is 6.15. The van der Waals surface area contributed by atoms with Crippen molar-refractivity contribution in [1.82, 2.24) is 0 Å². The largest absolute Gasteiger partial charge is 0.490 e. The molecule has 0 aromatic carbocycles. The Bertz CT molecular complexity index is 365. The zero-order valence-corrected chi connectivity index (χ0v) is 10.5. The van der Waals surface area contributed by atoms with Crippen LogP contribution in [0.3, 0.4) is 0 Å². The molecule has 0 radical (unpaired) electrons. The summed E-state index contributed by atoms with van der Waals surface area (Å²) in [6, 6.07) is 0. The molecule has 2 unspecified atom stereocenters. The molecule has 3 aliphatic rings. The smallest absolute Gasteiger partial charge is 0.400 e. The van der Waals surface area contributed by atoms with E-state index in [4.69, 9.17) is 9.31 Å². The maximum absolute atomic E-state index is 6.08. The third-order valence-electron chi connectivity index (χ3n) is 4.48. The van der Waals surface area contributed by atoms with Gasteiger partial charge in [0.15, 0.2) is 0 Å². The fraction of sp³-hybridized carbons (Fsp3) is 0.692. The lowest BCUT2D eigenvalue weighted by molar-refractivity contribution is 0.00578. The van der Waals surface area contributed by atoms with Crippen molar-refractivity contribution >= 4 is 7.12 Å². The van der Waals surface area contributed by atoms with E-state index in [2.05, 4.69) is 45.9 Å². The minimum atomic E-state index is -0.218. The first kappa shape index (κ1) is 10.6. The van der Waals surface area contributed by atoms with Crippen molar-refractivity contribution in [2.75, 3.05) is 0 Å². The fourth-order valence-electron chi connectivity index (χ4n) is 2.70. The van der Waals surface area contributed by atoms with Crippen molar-refractivity contribution in [3.05, 3.63) is 23.7 Å². The van der Waals surface area contributed by atoms with Crippen molar-refractivity contribution in [3.63, 3.8) is 0 Å². The van der Waals surface area contributed by atoms with E-state index in [1.54, 1.807) is 0 Å². The van der Waals surface area contributed by atoms with Crippen LogP contribution in [0.25, 0.3) is 0 Å². The van der Waals surface area contributed by atoms with Gasteiger partial charge < -0.3 is 9.31 Å². The second-order valence-corrected chi connectivity index (χ2v) is 6.15. The van der Waals surface area contributed by atoms with Crippen molar-refractivity contribution in [2.45, 2.75) is 45.3 Å². The highest BCUT2D eigenvalue weighted by atomic mass is 16.7. The number of hydrogen-bond acceptors (Lipinski definition) is 2. The minimum absolute atomic E-state index is 0.134. The van der Waals surface area contributed by atoms with E-state index in [1.807, 2.05) is 0 Å². The lowest BCUT2D eigenvalue weighted by Crippen LogP contribution is -2.41. The summed E-state index contributed by atoms with van der Waals surface area (Å²) in [4.78, 5) is 0. The summed E-state index contributed by atoms with van der Waals surface area (Å²) in [6.07, 6.45) is 8.14. The number of hydrogen-bond donors (Lipinski definition) is 0. The molecule has 1 fully saturated rings. The second kappa shape index (κ2) is 3.02. The molecule has 0 amide bonds. The molecule has 0 aromatic rings. The van der Waals surface area contributed by atoms with Gasteiger partial charge in [-0.1, -0.05) is 18.2 Å². The Labute approximate surface area is 97.8 Å². The van der Waals surface area contributed by atoms with Gasteiger partial charge in [0.05, 0.1) is 11.2 Å². The van der Waals surface area contributed by atoms with E-state index in [1.165, 1.54) is 11.9 Å². The van der Waals surface area contributed by atoms with Gasteiger partial charge in [0.25, 0.3) is 0 Å². The zero-order chi connectivity index (χ0) is 11.6. The van der Waals surface area contributed by atoms with Crippen molar-refractivity contribution in [1.29, 1.82) is 0 Å². The normalized spacial score (nSPS) is 38.2. The van der Waals surface area contributed by atoms with Crippen LogP contribution in [0.2, 0.25) is 0 Å². The molecule has 2 nitrogen and oxygen atoms in total. The van der Waals surface area contributed by atoms with Crippen LogP contribution in [-0.4, -0.2) is 18.3 Å². The average molecular weight is 218 g/mol. The van der Waals surface area contributed by atoms with Crippen molar-refractivity contribution in [2.24, 2.45) is 11.8 Å². The van der Waals surface area contributed by atoms with Gasteiger partial charge in [-0.3, -0.25) is 0 Å². The number of rotatable bonds is 1. The Morgan fingerprint density at radius 1 is 1.12 bits per heavy atom. The van der Waals surface area contributed by atoms with Gasteiger partial charge >= 0.3 is 7.12 Å². The molecule has 86 valence electrons. The first-order valence-electron chi connectivity index (χ1n) is 6.15. The quantitative estimate of drug-likeness (QED) is 0.497. The molecule has 0 N–H and O–H groups in total. The van der Waals surface area contributed by atoms with E-state index in [0.29, 0.717) is 11.8 Å². The summed E-state index contributed by atoms with van der Waals surface area (Å²) in [7, 11) is -0.134. The van der Waals surface area contributed by atoms with Crippen LogP contribution in [0.1, 0.15) is 34.1 Å². The molecular weight excluding hydrogens is 199 g/mol. The van der Waals surface area contributed by atoms with E-state index in [-0.39, 0.29) is 18.3 Å². The molecule has 3 heteroatoms. The summed E-state index contributed by atoms with van der Waals surface area (Å²) < 4.78 is 12.2. The summed E-state index contributed by atoms with van der Waals surface area (Å²) in [5, 5.41) is 0. The Morgan fingerprint density at radius 3 is 2.19 bits per heavy atom. The SMILES string of the molecule is CC1(C)OB(C2=CC3C=CC2C3)OC1(C)C. The van der Waals surface area contributed by atoms with Gasteiger partial charge in [-0.2, -0.15) is 0 Å². The Balaban J connectivity index is 1.83. The maximum atomic E-state index is 6.08. The molecule has 2 aliphatic carbocycles. The van der Waals surface area contributed by atoms with Crippen LogP contribution < -0.4 is 0 Å². The molecule has 0 saturated carbocycles. The number of fused-ring (bicyclic) bond motifs is 2. The van der Waals surface area contributed by atoms with Gasteiger partial charge in [-0.25, -0.2) is 0 Å². The Morgan fingerprint density at radius 2 is 1.75 bits per heavy atom. The predicted octanol–water partition coefficient (Wildman–Crippen LogP) is 2.75. The molecule has 16 heavy (non-hydrogen) atoms. The van der Waals surface area contributed by atoms with Crippen LogP contribution in [0.5, 0.6) is 0 Å². The monoisotopic (exact) mass is 218 g/mol. The summed E-state index contributed by atoms with van der Waals surface area (Å²) >= 11 is 0. The molecule has 0 aromatic heterocycles. The number of allylic oxidation sites excluding steroid dienone is 4. The van der Waals surface area contributed by atoms with Crippen LogP contribution in [-0.2, 0) is 9.31 Å². The van der Waals surface area contributed by atoms with E-state index in [0.717, 1.165) is 0 Å². The Hall–Kier alpha value is -0.535. The minimum Gasteiger partial charge on any atom is -0.400 e. The van der Waals surface area contributed by atoms with Crippen LogP contribution in [0, 0.1) is 11.8 Å². The first-order valence-corrected chi connectivity index (χ1v) is 6.15. The molecule has 3 rings (SSSR count). The van der Waals surface area contributed by atoms with Crippen LogP contribution >= 0.6 is 0 Å². The van der Waals surface area contributed by atoms with Crippen molar-refractivity contribution < 1.29 is 9.31 Å². The van der Waals surface area contributed by atoms with Gasteiger partial charge in [-0.15, -0.1) is 0 Å². The lowest BCUT2D eigenvalue weighted by Gasteiger charge is -2.32. The van der Waals surface area contributed by atoms with Gasteiger partial charge in [0.1, 0.15) is 0 Å². The van der Waals surface area contributed by atoms with Crippen molar-refractivity contribution in [3.8, 4) is 0 Å². The summed E-state index contributed by atoms with van der Waals surface area (Å²) in [5.41, 5.74) is 0.903. The maximum Gasteiger partial charge on any atom is 0.490 e. The highest BCUT2D eigenvalue weighted by Gasteiger charge is 2.54. The highest BCUT2D eigenvalue weighted by Crippen LogP contribution is 2.45. The molecule has 1 heterocycles. The average Bonchev–Trinajstić information content (AvgIpc) is 2.79. The fourth-order valence-corrected chi connectivity index (χ4v) is 2.70. The van der Waals surface area contributed by atoms with E-state index in [9.17, 15) is 0 Å². The third-order valence-corrected chi connectivity index (χ3v) is 4.48. The highest BCUT2D eigenvalue weighted by molar-refractivity contribution is 6.55. The molecule has 0 spiro atoms. The van der Waals surface area contributed by atoms with Gasteiger partial charge in [0, 0.05) is 0 Å². The van der Waals surface area contributed by atoms with Gasteiger partial charge in [-0.05, 0) is 51.4 Å². The first-order chi connectivity index (χ1) is 7.39. The van der Waals surface area contributed by atoms with E-state index >= 15 is 0 Å². The summed E-state index contributed by atoms with van der Waals surface area (Å²) in [6.45, 7) is 8.43. The topological polar surface area (TPSA) is 18.5 Å². The molecule has 2 bridgehead atoms. The summed E-state index contributed by atoms with van der Waals surface area (Å²) in [5.74, 6) is 1.18. The zero-order valence-electron chi connectivity index (χ0n) is 10.5. The van der Waals surface area contributed by atoms with Crippen LogP contribution in [0.4, 0.5) is 0 Å². The van der Waals surface area contributed by atoms with Crippen LogP contribution in [0.15, 0.2) is 23.7 Å². The molecule has 1 aliphatic heterocycles. The molecule has 1 saturated heterocycles.